The molecular formula is C22H30N4O3S. The van der Waals surface area contributed by atoms with E-state index in [2.05, 4.69) is 20.3 Å². The molecule has 0 spiro atoms. The van der Waals surface area contributed by atoms with E-state index in [0.717, 1.165) is 36.3 Å². The van der Waals surface area contributed by atoms with Gasteiger partial charge in [-0.15, -0.1) is 0 Å². The number of guanidine groups is 1. The molecule has 0 unspecified atom stereocenters. The van der Waals surface area contributed by atoms with Crippen LogP contribution in [-0.2, 0) is 23.1 Å². The van der Waals surface area contributed by atoms with Crippen molar-refractivity contribution in [1.29, 1.82) is 0 Å². The summed E-state index contributed by atoms with van der Waals surface area (Å²) in [5, 5.41) is 6.55. The van der Waals surface area contributed by atoms with Crippen molar-refractivity contribution >= 4 is 16.0 Å². The van der Waals surface area contributed by atoms with Crippen LogP contribution >= 0.6 is 0 Å². The maximum atomic E-state index is 12.3. The summed E-state index contributed by atoms with van der Waals surface area (Å²) >= 11 is 0. The Balaban J connectivity index is 1.61. The fourth-order valence-corrected chi connectivity index (χ4v) is 4.20. The quantitative estimate of drug-likeness (QED) is 0.398. The van der Waals surface area contributed by atoms with E-state index in [4.69, 9.17) is 4.74 Å². The number of rotatable bonds is 10. The van der Waals surface area contributed by atoms with Crippen LogP contribution in [0.2, 0.25) is 0 Å². The smallest absolute Gasteiger partial charge is 0.240 e. The Morgan fingerprint density at radius 3 is 2.47 bits per heavy atom. The van der Waals surface area contributed by atoms with Crippen LogP contribution < -0.4 is 20.1 Å². The van der Waals surface area contributed by atoms with Gasteiger partial charge in [-0.3, -0.25) is 0 Å². The predicted octanol–water partition coefficient (Wildman–Crippen LogP) is 2.78. The molecule has 0 atom stereocenters. The van der Waals surface area contributed by atoms with E-state index in [1.54, 1.807) is 24.3 Å². The van der Waals surface area contributed by atoms with Gasteiger partial charge < -0.3 is 15.4 Å². The van der Waals surface area contributed by atoms with Crippen LogP contribution in [0.4, 0.5) is 0 Å². The zero-order valence-corrected chi connectivity index (χ0v) is 18.3. The summed E-state index contributed by atoms with van der Waals surface area (Å²) in [4.78, 5) is 4.90. The molecule has 0 bridgehead atoms. The Morgan fingerprint density at radius 2 is 1.80 bits per heavy atom. The van der Waals surface area contributed by atoms with Crippen LogP contribution in [-0.4, -0.2) is 33.6 Å². The molecule has 0 aliphatic heterocycles. The minimum absolute atomic E-state index is 0.0980. The summed E-state index contributed by atoms with van der Waals surface area (Å²) in [5.74, 6) is 1.55. The van der Waals surface area contributed by atoms with Crippen LogP contribution in [0.15, 0.2) is 58.4 Å². The average molecular weight is 431 g/mol. The first kappa shape index (κ1) is 22.1. The van der Waals surface area contributed by atoms with Crippen LogP contribution in [0.3, 0.4) is 0 Å². The Hall–Kier alpha value is -2.58. The summed E-state index contributed by atoms with van der Waals surface area (Å²) in [6, 6.07) is 14.9. The zero-order chi connectivity index (χ0) is 21.4. The molecule has 1 aliphatic rings. The maximum Gasteiger partial charge on any atom is 0.240 e. The van der Waals surface area contributed by atoms with Gasteiger partial charge in [-0.2, -0.15) is 0 Å². The first-order valence-corrected chi connectivity index (χ1v) is 11.8. The normalized spacial score (nSPS) is 14.4. The van der Waals surface area contributed by atoms with Crippen molar-refractivity contribution in [3.63, 3.8) is 0 Å². The summed E-state index contributed by atoms with van der Waals surface area (Å²) in [6.07, 6.45) is 1.84. The van der Waals surface area contributed by atoms with Crippen molar-refractivity contribution in [3.05, 3.63) is 59.7 Å². The van der Waals surface area contributed by atoms with E-state index >= 15 is 0 Å². The molecule has 0 saturated heterocycles. The Morgan fingerprint density at radius 1 is 1.07 bits per heavy atom. The molecule has 8 heteroatoms. The molecule has 0 heterocycles. The van der Waals surface area contributed by atoms with Gasteiger partial charge in [-0.25, -0.2) is 18.1 Å². The highest BCUT2D eigenvalue weighted by atomic mass is 32.2. The average Bonchev–Trinajstić information content (AvgIpc) is 3.55. The van der Waals surface area contributed by atoms with Gasteiger partial charge in [0.2, 0.25) is 10.0 Å². The van der Waals surface area contributed by atoms with Crippen LogP contribution in [0, 0.1) is 0 Å². The van der Waals surface area contributed by atoms with Gasteiger partial charge in [-0.05, 0) is 50.5 Å². The number of benzene rings is 2. The molecule has 1 saturated carbocycles. The molecule has 1 fully saturated rings. The van der Waals surface area contributed by atoms with E-state index in [9.17, 15) is 8.42 Å². The zero-order valence-electron chi connectivity index (χ0n) is 17.5. The molecule has 3 rings (SSSR count). The standard InChI is InChI=1S/C22H30N4O3S/c1-3-23-22(25-16-18-7-5-6-8-21(18)29-4-2)24-15-17-9-13-20(14-10-17)30(27,28)26-19-11-12-19/h5-10,13-14,19,26H,3-4,11-12,15-16H2,1-2H3,(H2,23,24,25). The van der Waals surface area contributed by atoms with Crippen molar-refractivity contribution in [2.45, 2.75) is 50.7 Å². The highest BCUT2D eigenvalue weighted by Crippen LogP contribution is 2.22. The number of hydrogen-bond acceptors (Lipinski definition) is 4. The number of aliphatic imine (C=N–C) groups is 1. The SMILES string of the molecule is CCNC(=NCc1ccc(S(=O)(=O)NC2CC2)cc1)NCc1ccccc1OCC. The van der Waals surface area contributed by atoms with E-state index in [1.807, 2.05) is 38.1 Å². The summed E-state index contributed by atoms with van der Waals surface area (Å²) in [6.45, 7) is 6.37. The lowest BCUT2D eigenvalue weighted by Crippen LogP contribution is -2.36. The second-order valence-electron chi connectivity index (χ2n) is 7.13. The largest absolute Gasteiger partial charge is 0.494 e. The molecule has 3 N–H and O–H groups in total. The summed E-state index contributed by atoms with van der Waals surface area (Å²) < 4.78 is 32.9. The molecule has 7 nitrogen and oxygen atoms in total. The number of ether oxygens (including phenoxy) is 1. The van der Waals surface area contributed by atoms with Crippen LogP contribution in [0.25, 0.3) is 0 Å². The van der Waals surface area contributed by atoms with E-state index < -0.39 is 10.0 Å². The Labute approximate surface area is 179 Å². The molecule has 2 aromatic rings. The second kappa shape index (κ2) is 10.4. The molecule has 30 heavy (non-hydrogen) atoms. The van der Waals surface area contributed by atoms with Gasteiger partial charge >= 0.3 is 0 Å². The van der Waals surface area contributed by atoms with Gasteiger partial charge in [0, 0.05) is 24.7 Å². The van der Waals surface area contributed by atoms with Crippen molar-refractivity contribution in [1.82, 2.24) is 15.4 Å². The van der Waals surface area contributed by atoms with E-state index in [1.165, 1.54) is 0 Å². The molecule has 0 amide bonds. The van der Waals surface area contributed by atoms with E-state index in [0.29, 0.717) is 30.6 Å². The van der Waals surface area contributed by atoms with Crippen molar-refractivity contribution in [2.24, 2.45) is 4.99 Å². The van der Waals surface area contributed by atoms with Crippen molar-refractivity contribution < 1.29 is 13.2 Å². The minimum Gasteiger partial charge on any atom is -0.494 e. The third kappa shape index (κ3) is 6.47. The van der Waals surface area contributed by atoms with Crippen LogP contribution in [0.1, 0.15) is 37.8 Å². The second-order valence-corrected chi connectivity index (χ2v) is 8.84. The number of sulfonamides is 1. The monoisotopic (exact) mass is 430 g/mol. The first-order valence-electron chi connectivity index (χ1n) is 10.4. The highest BCUT2D eigenvalue weighted by molar-refractivity contribution is 7.89. The van der Waals surface area contributed by atoms with Gasteiger partial charge in [0.05, 0.1) is 18.0 Å². The third-order valence-corrected chi connectivity index (χ3v) is 6.15. The lowest BCUT2D eigenvalue weighted by molar-refractivity contribution is 0.336. The topological polar surface area (TPSA) is 91.8 Å². The van der Waals surface area contributed by atoms with E-state index in [-0.39, 0.29) is 6.04 Å². The van der Waals surface area contributed by atoms with Crippen molar-refractivity contribution in [2.75, 3.05) is 13.2 Å². The van der Waals surface area contributed by atoms with Gasteiger partial charge in [0.1, 0.15) is 5.75 Å². The Bertz CT molecular complexity index is 955. The molecule has 2 aromatic carbocycles. The number of nitrogens with one attached hydrogen (secondary N) is 3. The number of nitrogens with zero attached hydrogens (tertiary/aromatic N) is 1. The number of hydrogen-bond donors (Lipinski definition) is 3. The number of para-hydroxylation sites is 1. The molecule has 0 aromatic heterocycles. The van der Waals surface area contributed by atoms with Crippen LogP contribution in [0.5, 0.6) is 5.75 Å². The fourth-order valence-electron chi connectivity index (χ4n) is 2.90. The van der Waals surface area contributed by atoms with Gasteiger partial charge in [-0.1, -0.05) is 30.3 Å². The minimum atomic E-state index is -3.42. The molecular weight excluding hydrogens is 400 g/mol. The lowest BCUT2D eigenvalue weighted by Gasteiger charge is -2.14. The predicted molar refractivity (Wildman–Crippen MR) is 119 cm³/mol. The summed E-state index contributed by atoms with van der Waals surface area (Å²) in [7, 11) is -3.42. The molecule has 162 valence electrons. The lowest BCUT2D eigenvalue weighted by atomic mass is 10.2. The summed E-state index contributed by atoms with van der Waals surface area (Å²) in [5.41, 5.74) is 2.00. The van der Waals surface area contributed by atoms with Gasteiger partial charge in [0.25, 0.3) is 0 Å². The maximum absolute atomic E-state index is 12.3. The van der Waals surface area contributed by atoms with Gasteiger partial charge in [0.15, 0.2) is 5.96 Å². The third-order valence-electron chi connectivity index (χ3n) is 4.62. The molecule has 1 aliphatic carbocycles. The van der Waals surface area contributed by atoms with Crippen molar-refractivity contribution in [3.8, 4) is 5.75 Å². The highest BCUT2D eigenvalue weighted by Gasteiger charge is 2.27. The molecule has 0 radical (unpaired) electrons. The first-order chi connectivity index (χ1) is 14.5. The Kier molecular flexibility index (Phi) is 7.70. The fraction of sp³-hybridized carbons (Fsp3) is 0.409.